The Labute approximate surface area is 222 Å². The number of carbonyl (C=O) groups is 2. The van der Waals surface area contributed by atoms with Gasteiger partial charge < -0.3 is 29.0 Å². The van der Waals surface area contributed by atoms with E-state index in [1.54, 1.807) is 61.5 Å². The number of carboxylic acid groups (broad SMARTS) is 1. The molecule has 2 aromatic rings. The molecule has 39 heavy (non-hydrogen) atoms. The molecule has 0 saturated carbocycles. The van der Waals surface area contributed by atoms with E-state index in [-0.39, 0.29) is 45.8 Å². The minimum absolute atomic E-state index is 0.0456. The second kappa shape index (κ2) is 15.2. The fraction of sp³-hybridized carbons (Fsp3) is 0.462. The number of alkyl halides is 5. The summed E-state index contributed by atoms with van der Waals surface area (Å²) in [7, 11) is 0. The number of halogens is 5. The molecule has 0 heterocycles. The third-order valence-corrected chi connectivity index (χ3v) is 5.27. The minimum Gasteiger partial charge on any atom is -0.492 e. The highest BCUT2D eigenvalue weighted by atomic mass is 19.4. The Hall–Kier alpha value is -3.45. The van der Waals surface area contributed by atoms with Gasteiger partial charge in [0.1, 0.15) is 19.0 Å². The van der Waals surface area contributed by atoms with Gasteiger partial charge in [0.05, 0.1) is 13.2 Å². The SMILES string of the molecule is CCOC(Cc1ccc(OCCN(CCCOC(F)(F)C(F)(F)F)C(=O)OCc2ccccc2)cc1)C(=O)O. The molecule has 0 fully saturated rings. The summed E-state index contributed by atoms with van der Waals surface area (Å²) in [6.07, 6.45) is -13.1. The molecule has 13 heteroatoms. The number of ether oxygens (including phenoxy) is 4. The van der Waals surface area contributed by atoms with E-state index in [0.717, 1.165) is 4.90 Å². The van der Waals surface area contributed by atoms with Crippen LogP contribution in [0, 0.1) is 0 Å². The molecule has 0 aliphatic rings. The first-order valence-corrected chi connectivity index (χ1v) is 12.0. The Bertz CT molecular complexity index is 1020. The Morgan fingerprint density at radius 1 is 0.923 bits per heavy atom. The summed E-state index contributed by atoms with van der Waals surface area (Å²) in [6, 6.07) is 15.3. The van der Waals surface area contributed by atoms with Gasteiger partial charge in [0.2, 0.25) is 0 Å². The lowest BCUT2D eigenvalue weighted by Gasteiger charge is -2.23. The number of carboxylic acids is 1. The van der Waals surface area contributed by atoms with E-state index in [1.165, 1.54) is 0 Å². The van der Waals surface area contributed by atoms with Crippen LogP contribution in [0.15, 0.2) is 54.6 Å². The van der Waals surface area contributed by atoms with Crippen LogP contribution in [-0.2, 0) is 32.0 Å². The molecular weight excluding hydrogens is 533 g/mol. The van der Waals surface area contributed by atoms with Crippen molar-refractivity contribution in [2.75, 3.05) is 32.9 Å². The fourth-order valence-corrected chi connectivity index (χ4v) is 3.27. The molecule has 0 aliphatic heterocycles. The van der Waals surface area contributed by atoms with Gasteiger partial charge in [-0.25, -0.2) is 9.59 Å². The number of benzene rings is 2. The van der Waals surface area contributed by atoms with E-state index in [1.807, 2.05) is 0 Å². The molecule has 1 atom stereocenters. The number of hydrogen-bond acceptors (Lipinski definition) is 6. The van der Waals surface area contributed by atoms with Crippen LogP contribution < -0.4 is 4.74 Å². The van der Waals surface area contributed by atoms with Gasteiger partial charge in [0, 0.05) is 19.6 Å². The first-order valence-electron chi connectivity index (χ1n) is 12.0. The first kappa shape index (κ1) is 31.8. The topological polar surface area (TPSA) is 94.5 Å². The number of carbonyl (C=O) groups excluding carboxylic acids is 1. The molecule has 216 valence electrons. The summed E-state index contributed by atoms with van der Waals surface area (Å²) < 4.78 is 82.5. The van der Waals surface area contributed by atoms with Crippen LogP contribution in [0.1, 0.15) is 24.5 Å². The summed E-state index contributed by atoms with van der Waals surface area (Å²) in [4.78, 5) is 24.9. The number of rotatable bonds is 16. The normalized spacial score (nSPS) is 12.6. The lowest BCUT2D eigenvalue weighted by molar-refractivity contribution is -0.391. The van der Waals surface area contributed by atoms with E-state index in [2.05, 4.69) is 4.74 Å². The van der Waals surface area contributed by atoms with Crippen molar-refractivity contribution in [3.8, 4) is 5.75 Å². The Morgan fingerprint density at radius 3 is 2.18 bits per heavy atom. The number of aliphatic carboxylic acids is 1. The van der Waals surface area contributed by atoms with E-state index in [9.17, 15) is 36.6 Å². The number of nitrogens with zero attached hydrogens (tertiary/aromatic N) is 1. The van der Waals surface area contributed by atoms with Gasteiger partial charge in [-0.05, 0) is 36.6 Å². The molecule has 0 saturated heterocycles. The van der Waals surface area contributed by atoms with Crippen LogP contribution in [0.5, 0.6) is 5.75 Å². The maximum Gasteiger partial charge on any atom is 0.482 e. The molecule has 0 aromatic heterocycles. The van der Waals surface area contributed by atoms with E-state index in [4.69, 9.17) is 14.2 Å². The highest BCUT2D eigenvalue weighted by molar-refractivity contribution is 5.72. The van der Waals surface area contributed by atoms with Crippen LogP contribution in [0.4, 0.5) is 26.7 Å². The van der Waals surface area contributed by atoms with Crippen LogP contribution in [0.3, 0.4) is 0 Å². The molecule has 0 radical (unpaired) electrons. The number of hydrogen-bond donors (Lipinski definition) is 1. The Balaban J connectivity index is 1.92. The van der Waals surface area contributed by atoms with Crippen molar-refractivity contribution in [2.24, 2.45) is 0 Å². The summed E-state index contributed by atoms with van der Waals surface area (Å²) in [5.74, 6) is -0.670. The van der Waals surface area contributed by atoms with Gasteiger partial charge in [-0.1, -0.05) is 42.5 Å². The fourth-order valence-electron chi connectivity index (χ4n) is 3.27. The standard InChI is InChI=1S/C26H30F5NO7/c1-2-36-22(23(33)34)17-19-9-11-21(12-10-19)37-16-14-32(13-6-15-39-26(30,31)25(27,28)29)24(35)38-18-20-7-4-3-5-8-20/h3-5,7-12,22H,2,6,13-18H2,1H3,(H,33,34). The lowest BCUT2D eigenvalue weighted by atomic mass is 10.1. The molecule has 0 aliphatic carbocycles. The molecule has 0 bridgehead atoms. The third-order valence-electron chi connectivity index (χ3n) is 5.27. The summed E-state index contributed by atoms with van der Waals surface area (Å²) in [5, 5.41) is 9.20. The highest BCUT2D eigenvalue weighted by Gasteiger charge is 2.59. The maximum atomic E-state index is 13.0. The van der Waals surface area contributed by atoms with Crippen molar-refractivity contribution in [3.63, 3.8) is 0 Å². The highest BCUT2D eigenvalue weighted by Crippen LogP contribution is 2.36. The van der Waals surface area contributed by atoms with Gasteiger partial charge in [-0.2, -0.15) is 22.0 Å². The van der Waals surface area contributed by atoms with Gasteiger partial charge in [0.15, 0.2) is 6.10 Å². The van der Waals surface area contributed by atoms with Gasteiger partial charge in [-0.3, -0.25) is 0 Å². The maximum absolute atomic E-state index is 13.0. The second-order valence-corrected chi connectivity index (χ2v) is 8.22. The predicted molar refractivity (Wildman–Crippen MR) is 128 cm³/mol. The van der Waals surface area contributed by atoms with Crippen LogP contribution in [-0.4, -0.2) is 73.4 Å². The van der Waals surface area contributed by atoms with Crippen LogP contribution >= 0.6 is 0 Å². The zero-order chi connectivity index (χ0) is 28.9. The summed E-state index contributed by atoms with van der Waals surface area (Å²) >= 11 is 0. The average molecular weight is 564 g/mol. The smallest absolute Gasteiger partial charge is 0.482 e. The van der Waals surface area contributed by atoms with Crippen molar-refractivity contribution in [2.45, 2.75) is 44.8 Å². The molecule has 2 rings (SSSR count). The molecule has 8 nitrogen and oxygen atoms in total. The molecule has 1 N–H and O–H groups in total. The monoisotopic (exact) mass is 563 g/mol. The van der Waals surface area contributed by atoms with Gasteiger partial charge >= 0.3 is 24.3 Å². The Kier molecular flexibility index (Phi) is 12.4. The number of amides is 1. The molecule has 1 amide bonds. The van der Waals surface area contributed by atoms with E-state index < -0.39 is 37.1 Å². The summed E-state index contributed by atoms with van der Waals surface area (Å²) in [5.41, 5.74) is 1.40. The first-order chi connectivity index (χ1) is 18.4. The second-order valence-electron chi connectivity index (χ2n) is 8.22. The quantitative estimate of drug-likeness (QED) is 0.219. The molecular formula is C26H30F5NO7. The van der Waals surface area contributed by atoms with Gasteiger partial charge in [0.25, 0.3) is 0 Å². The van der Waals surface area contributed by atoms with Crippen LogP contribution in [0.25, 0.3) is 0 Å². The van der Waals surface area contributed by atoms with E-state index in [0.29, 0.717) is 16.9 Å². The molecule has 2 aromatic carbocycles. The largest absolute Gasteiger partial charge is 0.492 e. The lowest BCUT2D eigenvalue weighted by Crippen LogP contribution is -2.40. The average Bonchev–Trinajstić information content (AvgIpc) is 2.89. The molecule has 1 unspecified atom stereocenters. The van der Waals surface area contributed by atoms with Crippen molar-refractivity contribution >= 4 is 12.1 Å². The predicted octanol–water partition coefficient (Wildman–Crippen LogP) is 5.30. The molecule has 0 spiro atoms. The van der Waals surface area contributed by atoms with Crippen molar-refractivity contribution < 1.29 is 55.6 Å². The third kappa shape index (κ3) is 11.1. The Morgan fingerprint density at radius 2 is 1.59 bits per heavy atom. The van der Waals surface area contributed by atoms with E-state index >= 15 is 0 Å². The zero-order valence-electron chi connectivity index (χ0n) is 21.2. The van der Waals surface area contributed by atoms with Crippen molar-refractivity contribution in [1.82, 2.24) is 4.90 Å². The van der Waals surface area contributed by atoms with Crippen molar-refractivity contribution in [3.05, 3.63) is 65.7 Å². The zero-order valence-corrected chi connectivity index (χ0v) is 21.2. The summed E-state index contributed by atoms with van der Waals surface area (Å²) in [6.45, 7) is 0.596. The minimum atomic E-state index is -5.84. The van der Waals surface area contributed by atoms with Crippen molar-refractivity contribution in [1.29, 1.82) is 0 Å². The van der Waals surface area contributed by atoms with Gasteiger partial charge in [-0.15, -0.1) is 0 Å². The van der Waals surface area contributed by atoms with Crippen LogP contribution in [0.2, 0.25) is 0 Å².